The number of hydrogen-bond donors (Lipinski definition) is 1. The quantitative estimate of drug-likeness (QED) is 0.346. The first kappa shape index (κ1) is 25.9. The largest absolute Gasteiger partial charge is 0.492 e. The number of hydrogen-bond acceptors (Lipinski definition) is 4. The van der Waals surface area contributed by atoms with Crippen LogP contribution < -0.4 is 14.4 Å². The van der Waals surface area contributed by atoms with Gasteiger partial charge in [-0.15, -0.1) is 0 Å². The highest BCUT2D eigenvalue weighted by Gasteiger charge is 2.28. The van der Waals surface area contributed by atoms with E-state index in [4.69, 9.17) is 27.9 Å². The van der Waals surface area contributed by atoms with Crippen LogP contribution in [0.25, 0.3) is 0 Å². The maximum absolute atomic E-state index is 13.3. The van der Waals surface area contributed by atoms with Gasteiger partial charge in [0.1, 0.15) is 18.9 Å². The molecule has 0 bridgehead atoms. The van der Waals surface area contributed by atoms with Crippen molar-refractivity contribution >= 4 is 44.8 Å². The summed E-state index contributed by atoms with van der Waals surface area (Å²) >= 11 is 12.3. The summed E-state index contributed by atoms with van der Waals surface area (Å²) in [7, 11) is -4.05. The number of rotatable bonds is 11. The van der Waals surface area contributed by atoms with Crippen LogP contribution in [0, 0.1) is 0 Å². The Bertz CT molecular complexity index is 1200. The number of anilines is 1. The van der Waals surface area contributed by atoms with E-state index in [-0.39, 0.29) is 28.8 Å². The SMILES string of the molecule is CCCc1ccc(OCCNC(=O)CN(c2ccc(Cl)cc2Cl)S(=O)(=O)c2ccccc2)cc1. The molecule has 3 rings (SSSR count). The molecule has 0 saturated heterocycles. The fourth-order valence-corrected chi connectivity index (χ4v) is 5.31. The Morgan fingerprint density at radius 1 is 1.00 bits per heavy atom. The molecule has 0 aliphatic heterocycles. The van der Waals surface area contributed by atoms with E-state index in [0.717, 1.165) is 17.1 Å². The molecular weight excluding hydrogens is 495 g/mol. The Morgan fingerprint density at radius 3 is 2.35 bits per heavy atom. The van der Waals surface area contributed by atoms with Crippen LogP contribution >= 0.6 is 23.2 Å². The summed E-state index contributed by atoms with van der Waals surface area (Å²) in [6, 6.07) is 20.1. The van der Waals surface area contributed by atoms with Crippen molar-refractivity contribution in [3.8, 4) is 5.75 Å². The molecule has 0 atom stereocenters. The number of benzene rings is 3. The molecule has 0 aliphatic carbocycles. The average Bonchev–Trinajstić information content (AvgIpc) is 2.82. The van der Waals surface area contributed by atoms with E-state index in [0.29, 0.717) is 10.8 Å². The zero-order valence-corrected chi connectivity index (χ0v) is 21.0. The third-order valence-corrected chi connectivity index (χ3v) is 7.26. The van der Waals surface area contributed by atoms with Crippen LogP contribution in [0.1, 0.15) is 18.9 Å². The van der Waals surface area contributed by atoms with E-state index < -0.39 is 22.5 Å². The van der Waals surface area contributed by atoms with Crippen molar-refractivity contribution in [3.05, 3.63) is 88.4 Å². The van der Waals surface area contributed by atoms with Crippen molar-refractivity contribution in [1.82, 2.24) is 5.32 Å². The smallest absolute Gasteiger partial charge is 0.264 e. The van der Waals surface area contributed by atoms with Gasteiger partial charge < -0.3 is 10.1 Å². The van der Waals surface area contributed by atoms with Gasteiger partial charge in [0.05, 0.1) is 22.2 Å². The van der Waals surface area contributed by atoms with Gasteiger partial charge in [-0.1, -0.05) is 66.9 Å². The molecule has 0 aliphatic rings. The minimum Gasteiger partial charge on any atom is -0.492 e. The Kier molecular flexibility index (Phi) is 9.21. The minimum absolute atomic E-state index is 0.0451. The third-order valence-electron chi connectivity index (χ3n) is 4.95. The molecule has 180 valence electrons. The molecule has 1 amide bonds. The molecule has 0 aromatic heterocycles. The van der Waals surface area contributed by atoms with Crippen molar-refractivity contribution in [2.24, 2.45) is 0 Å². The molecule has 0 heterocycles. The van der Waals surface area contributed by atoms with Gasteiger partial charge in [-0.2, -0.15) is 0 Å². The van der Waals surface area contributed by atoms with Gasteiger partial charge in [0, 0.05) is 5.02 Å². The van der Waals surface area contributed by atoms with Gasteiger partial charge in [-0.25, -0.2) is 8.42 Å². The molecule has 3 aromatic rings. The standard InChI is InChI=1S/C25H26Cl2N2O4S/c1-2-6-19-9-12-21(13-10-19)33-16-15-28-25(30)18-29(24-14-11-20(26)17-23(24)27)34(31,32)22-7-4-3-5-8-22/h3-5,7-14,17H,2,6,15-16,18H2,1H3,(H,28,30). The fourth-order valence-electron chi connectivity index (χ4n) is 3.29. The molecule has 0 spiro atoms. The Morgan fingerprint density at radius 2 is 1.71 bits per heavy atom. The second-order valence-electron chi connectivity index (χ2n) is 7.51. The van der Waals surface area contributed by atoms with E-state index in [1.165, 1.54) is 35.9 Å². The van der Waals surface area contributed by atoms with Crippen LogP contribution in [-0.2, 0) is 21.2 Å². The van der Waals surface area contributed by atoms with Crippen molar-refractivity contribution < 1.29 is 17.9 Å². The molecule has 3 aromatic carbocycles. The summed E-state index contributed by atoms with van der Waals surface area (Å²) in [6.07, 6.45) is 2.08. The van der Waals surface area contributed by atoms with E-state index >= 15 is 0 Å². The lowest BCUT2D eigenvalue weighted by Gasteiger charge is -2.25. The first-order valence-electron chi connectivity index (χ1n) is 10.8. The van der Waals surface area contributed by atoms with Crippen molar-refractivity contribution in [1.29, 1.82) is 0 Å². The van der Waals surface area contributed by atoms with E-state index in [2.05, 4.69) is 12.2 Å². The first-order valence-corrected chi connectivity index (χ1v) is 13.0. The lowest BCUT2D eigenvalue weighted by Crippen LogP contribution is -2.42. The highest BCUT2D eigenvalue weighted by molar-refractivity contribution is 7.92. The van der Waals surface area contributed by atoms with E-state index in [1.807, 2.05) is 24.3 Å². The normalized spacial score (nSPS) is 11.1. The predicted molar refractivity (Wildman–Crippen MR) is 136 cm³/mol. The molecule has 1 N–H and O–H groups in total. The molecular formula is C25H26Cl2N2O4S. The van der Waals surface area contributed by atoms with Crippen LogP contribution in [-0.4, -0.2) is 34.0 Å². The highest BCUT2D eigenvalue weighted by atomic mass is 35.5. The molecule has 34 heavy (non-hydrogen) atoms. The van der Waals surface area contributed by atoms with Crippen LogP contribution in [0.15, 0.2) is 77.7 Å². The van der Waals surface area contributed by atoms with Crippen LogP contribution in [0.5, 0.6) is 5.75 Å². The summed E-state index contributed by atoms with van der Waals surface area (Å²) in [5, 5.41) is 3.18. The molecule has 0 saturated carbocycles. The molecule has 0 unspecified atom stereocenters. The van der Waals surface area contributed by atoms with Crippen LogP contribution in [0.3, 0.4) is 0 Å². The summed E-state index contributed by atoms with van der Waals surface area (Å²) in [4.78, 5) is 12.7. The Balaban J connectivity index is 1.67. The number of amides is 1. The lowest BCUT2D eigenvalue weighted by molar-refractivity contribution is -0.119. The van der Waals surface area contributed by atoms with Gasteiger partial charge in [0.2, 0.25) is 5.91 Å². The summed E-state index contributed by atoms with van der Waals surface area (Å²) in [5.74, 6) is 0.211. The second kappa shape index (κ2) is 12.1. The zero-order valence-electron chi connectivity index (χ0n) is 18.7. The number of carbonyl (C=O) groups is 1. The first-order chi connectivity index (χ1) is 16.3. The summed E-state index contributed by atoms with van der Waals surface area (Å²) in [5.41, 5.74) is 1.40. The van der Waals surface area contributed by atoms with Gasteiger partial charge in [-0.05, 0) is 54.4 Å². The average molecular weight is 521 g/mol. The molecule has 6 nitrogen and oxygen atoms in total. The van der Waals surface area contributed by atoms with E-state index in [1.54, 1.807) is 18.2 Å². The van der Waals surface area contributed by atoms with Crippen molar-refractivity contribution in [2.75, 3.05) is 24.0 Å². The number of halogens is 2. The van der Waals surface area contributed by atoms with Gasteiger partial charge >= 0.3 is 0 Å². The number of ether oxygens (including phenoxy) is 1. The molecule has 9 heteroatoms. The highest BCUT2D eigenvalue weighted by Crippen LogP contribution is 2.32. The number of nitrogens with one attached hydrogen (secondary N) is 1. The molecule has 0 fully saturated rings. The Labute approximate surface area is 210 Å². The summed E-state index contributed by atoms with van der Waals surface area (Å²) < 4.78 is 33.3. The van der Waals surface area contributed by atoms with Gasteiger partial charge in [-0.3, -0.25) is 9.10 Å². The predicted octanol–water partition coefficient (Wildman–Crippen LogP) is 5.34. The minimum atomic E-state index is -4.05. The fraction of sp³-hybridized carbons (Fsp3) is 0.240. The lowest BCUT2D eigenvalue weighted by atomic mass is 10.1. The van der Waals surface area contributed by atoms with Crippen LogP contribution in [0.4, 0.5) is 5.69 Å². The topological polar surface area (TPSA) is 75.7 Å². The second-order valence-corrected chi connectivity index (χ2v) is 10.2. The Hall–Kier alpha value is -2.74. The maximum Gasteiger partial charge on any atom is 0.264 e. The van der Waals surface area contributed by atoms with Crippen LogP contribution in [0.2, 0.25) is 10.0 Å². The third kappa shape index (κ3) is 6.88. The van der Waals surface area contributed by atoms with Crippen molar-refractivity contribution in [3.63, 3.8) is 0 Å². The summed E-state index contributed by atoms with van der Waals surface area (Å²) in [6.45, 7) is 2.12. The number of carbonyl (C=O) groups excluding carboxylic acids is 1. The number of nitrogens with zero attached hydrogens (tertiary/aromatic N) is 1. The maximum atomic E-state index is 13.3. The van der Waals surface area contributed by atoms with Gasteiger partial charge in [0.15, 0.2) is 0 Å². The van der Waals surface area contributed by atoms with E-state index in [9.17, 15) is 13.2 Å². The monoisotopic (exact) mass is 520 g/mol. The number of aryl methyl sites for hydroxylation is 1. The number of sulfonamides is 1. The zero-order chi connectivity index (χ0) is 24.6. The van der Waals surface area contributed by atoms with Crippen molar-refractivity contribution in [2.45, 2.75) is 24.7 Å². The van der Waals surface area contributed by atoms with Gasteiger partial charge in [0.25, 0.3) is 10.0 Å². The molecule has 0 radical (unpaired) electrons.